The lowest BCUT2D eigenvalue weighted by atomic mass is 10.1. The topological polar surface area (TPSA) is 26.3 Å². The summed E-state index contributed by atoms with van der Waals surface area (Å²) < 4.78 is 5.07. The highest BCUT2D eigenvalue weighted by atomic mass is 35.5. The first-order valence-electron chi connectivity index (χ1n) is 3.62. The van der Waals surface area contributed by atoms with Crippen molar-refractivity contribution in [1.82, 2.24) is 0 Å². The molecular weight excluding hydrogens is 199 g/mol. The van der Waals surface area contributed by atoms with Crippen molar-refractivity contribution < 1.29 is 9.53 Å². The summed E-state index contributed by atoms with van der Waals surface area (Å²) in [5.41, 5.74) is -0.0318. The monoisotopic (exact) mass is 208 g/mol. The Balaban J connectivity index is 2.60. The van der Waals surface area contributed by atoms with Gasteiger partial charge >= 0.3 is 0 Å². The predicted octanol–water partition coefficient (Wildman–Crippen LogP) is 2.50. The largest absolute Gasteiger partial charge is 0.463 e. The summed E-state index contributed by atoms with van der Waals surface area (Å²) in [4.78, 5) is 10.1. The third kappa shape index (κ3) is 1.75. The molecule has 0 unspecified atom stereocenters. The Kier molecular flexibility index (Phi) is 2.69. The molecule has 4 heteroatoms. The van der Waals surface area contributed by atoms with Crippen LogP contribution in [0.5, 0.6) is 0 Å². The van der Waals surface area contributed by atoms with Gasteiger partial charge in [-0.3, -0.25) is 4.79 Å². The van der Waals surface area contributed by atoms with Crippen LogP contribution in [-0.4, -0.2) is 12.6 Å². The first-order chi connectivity index (χ1) is 5.50. The van der Waals surface area contributed by atoms with Crippen molar-refractivity contribution in [2.24, 2.45) is 11.3 Å². The Hall–Kier alpha value is -0.210. The van der Waals surface area contributed by atoms with E-state index in [1.807, 2.05) is 13.8 Å². The first-order valence-corrected chi connectivity index (χ1v) is 4.37. The maximum atomic E-state index is 10.1. The molecule has 68 valence electrons. The molecule has 0 aliphatic heterocycles. The molecule has 0 aromatic carbocycles. The van der Waals surface area contributed by atoms with Crippen LogP contribution in [-0.2, 0) is 9.53 Å². The van der Waals surface area contributed by atoms with Gasteiger partial charge in [-0.05, 0) is 6.08 Å². The predicted molar refractivity (Wildman–Crippen MR) is 48.0 cm³/mol. The third-order valence-corrected chi connectivity index (χ3v) is 2.57. The lowest BCUT2D eigenvalue weighted by molar-refractivity contribution is -0.130. The highest BCUT2D eigenvalue weighted by Gasteiger charge is 2.59. The zero-order valence-corrected chi connectivity index (χ0v) is 8.39. The van der Waals surface area contributed by atoms with Gasteiger partial charge in [-0.1, -0.05) is 37.0 Å². The van der Waals surface area contributed by atoms with Crippen LogP contribution in [0.15, 0.2) is 10.6 Å². The Morgan fingerprint density at radius 1 is 1.50 bits per heavy atom. The summed E-state index contributed by atoms with van der Waals surface area (Å²) in [5, 5.41) is 0. The number of ether oxygens (including phenoxy) is 1. The fourth-order valence-electron chi connectivity index (χ4n) is 1.39. The lowest BCUT2D eigenvalue weighted by Gasteiger charge is -1.97. The number of carbonyl (C=O) groups is 1. The molecule has 0 bridgehead atoms. The van der Waals surface area contributed by atoms with Crippen molar-refractivity contribution >= 4 is 29.7 Å². The molecule has 0 spiro atoms. The Labute approximate surface area is 81.5 Å². The second-order valence-corrected chi connectivity index (χ2v) is 4.46. The molecule has 1 aliphatic rings. The number of halogens is 2. The molecule has 1 rings (SSSR count). The minimum atomic E-state index is -0.0810. The van der Waals surface area contributed by atoms with Crippen molar-refractivity contribution in [2.45, 2.75) is 20.0 Å². The number of carbonyl (C=O) groups excluding carboxylic acids is 1. The van der Waals surface area contributed by atoms with Crippen molar-refractivity contribution in [2.75, 3.05) is 0 Å². The molecule has 2 nitrogen and oxygen atoms in total. The van der Waals surface area contributed by atoms with Crippen LogP contribution in [0.2, 0.25) is 0 Å². The summed E-state index contributed by atoms with van der Waals surface area (Å²) >= 11 is 11.0. The van der Waals surface area contributed by atoms with Gasteiger partial charge in [0.25, 0.3) is 6.47 Å². The van der Waals surface area contributed by atoms with Gasteiger partial charge in [-0.25, -0.2) is 0 Å². The van der Waals surface area contributed by atoms with Crippen molar-refractivity contribution in [3.05, 3.63) is 10.6 Å². The fourth-order valence-corrected chi connectivity index (χ4v) is 1.66. The molecule has 1 saturated carbocycles. The molecule has 0 heterocycles. The SMILES string of the molecule is CC1(C)[C@H](C=C(Cl)Cl)[C@H]1OC=O. The molecule has 0 radical (unpaired) electrons. The van der Waals surface area contributed by atoms with Gasteiger partial charge in [-0.2, -0.15) is 0 Å². The Bertz CT molecular complexity index is 219. The average molecular weight is 209 g/mol. The molecule has 12 heavy (non-hydrogen) atoms. The van der Waals surface area contributed by atoms with Crippen LogP contribution < -0.4 is 0 Å². The summed E-state index contributed by atoms with van der Waals surface area (Å²) in [7, 11) is 0. The van der Waals surface area contributed by atoms with Gasteiger partial charge in [0.1, 0.15) is 10.6 Å². The van der Waals surface area contributed by atoms with Crippen molar-refractivity contribution in [1.29, 1.82) is 0 Å². The molecule has 0 aromatic heterocycles. The minimum Gasteiger partial charge on any atom is -0.463 e. The van der Waals surface area contributed by atoms with Gasteiger partial charge in [0.2, 0.25) is 0 Å². The van der Waals surface area contributed by atoms with E-state index >= 15 is 0 Å². The molecule has 0 amide bonds. The normalized spacial score (nSPS) is 30.7. The number of rotatable bonds is 3. The van der Waals surface area contributed by atoms with Gasteiger partial charge in [0.15, 0.2) is 0 Å². The fraction of sp³-hybridized carbons (Fsp3) is 0.625. The van der Waals surface area contributed by atoms with Gasteiger partial charge in [0, 0.05) is 11.3 Å². The van der Waals surface area contributed by atoms with Crippen LogP contribution >= 0.6 is 23.2 Å². The molecule has 2 atom stereocenters. The van der Waals surface area contributed by atoms with E-state index in [-0.39, 0.29) is 21.9 Å². The van der Waals surface area contributed by atoms with Crippen LogP contribution in [0.25, 0.3) is 0 Å². The van der Waals surface area contributed by atoms with E-state index in [1.165, 1.54) is 0 Å². The Morgan fingerprint density at radius 2 is 2.08 bits per heavy atom. The molecular formula is C8H10Cl2O2. The summed E-state index contributed by atoms with van der Waals surface area (Å²) in [6.45, 7) is 4.46. The van der Waals surface area contributed by atoms with Gasteiger partial charge in [0.05, 0.1) is 0 Å². The van der Waals surface area contributed by atoms with Crippen LogP contribution in [0.4, 0.5) is 0 Å². The number of hydrogen-bond acceptors (Lipinski definition) is 2. The van der Waals surface area contributed by atoms with Crippen LogP contribution in [0.3, 0.4) is 0 Å². The summed E-state index contributed by atoms with van der Waals surface area (Å²) in [6.07, 6.45) is 1.62. The zero-order chi connectivity index (χ0) is 9.35. The number of hydrogen-bond donors (Lipinski definition) is 0. The van der Waals surface area contributed by atoms with Crippen molar-refractivity contribution in [3.63, 3.8) is 0 Å². The van der Waals surface area contributed by atoms with E-state index < -0.39 is 0 Å². The molecule has 0 saturated heterocycles. The summed E-state index contributed by atoms with van der Waals surface area (Å²) in [5.74, 6) is 0.146. The molecule has 0 N–H and O–H groups in total. The first kappa shape index (κ1) is 9.87. The van der Waals surface area contributed by atoms with Crippen molar-refractivity contribution in [3.8, 4) is 0 Å². The standard InChI is InChI=1S/C8H10Cl2O2/c1-8(2)5(3-6(9)10)7(8)12-4-11/h3-5,7H,1-2H3/t5-,7-/m1/s1. The maximum Gasteiger partial charge on any atom is 0.293 e. The second-order valence-electron chi connectivity index (χ2n) is 3.46. The highest BCUT2D eigenvalue weighted by Crippen LogP contribution is 2.55. The van der Waals surface area contributed by atoms with Crippen LogP contribution in [0, 0.1) is 11.3 Å². The van der Waals surface area contributed by atoms with E-state index in [0.717, 1.165) is 0 Å². The smallest absolute Gasteiger partial charge is 0.293 e. The summed E-state index contributed by atoms with van der Waals surface area (Å²) in [6, 6.07) is 0. The van der Waals surface area contributed by atoms with E-state index in [0.29, 0.717) is 6.47 Å². The second kappa shape index (κ2) is 3.27. The van der Waals surface area contributed by atoms with E-state index in [1.54, 1.807) is 6.08 Å². The molecule has 1 aliphatic carbocycles. The van der Waals surface area contributed by atoms with E-state index in [2.05, 4.69) is 0 Å². The average Bonchev–Trinajstić information content (AvgIpc) is 2.39. The van der Waals surface area contributed by atoms with E-state index in [4.69, 9.17) is 27.9 Å². The minimum absolute atomic E-state index is 0.0318. The quantitative estimate of drug-likeness (QED) is 0.667. The van der Waals surface area contributed by atoms with Gasteiger partial charge in [-0.15, -0.1) is 0 Å². The van der Waals surface area contributed by atoms with Gasteiger partial charge < -0.3 is 4.74 Å². The molecule has 0 aromatic rings. The van der Waals surface area contributed by atoms with E-state index in [9.17, 15) is 4.79 Å². The lowest BCUT2D eigenvalue weighted by Crippen LogP contribution is -1.98. The highest BCUT2D eigenvalue weighted by molar-refractivity contribution is 6.55. The third-order valence-electron chi connectivity index (χ3n) is 2.32. The zero-order valence-electron chi connectivity index (χ0n) is 6.88. The molecule has 1 fully saturated rings. The Morgan fingerprint density at radius 3 is 2.50 bits per heavy atom. The van der Waals surface area contributed by atoms with Crippen LogP contribution in [0.1, 0.15) is 13.8 Å². The maximum absolute atomic E-state index is 10.1.